The van der Waals surface area contributed by atoms with Gasteiger partial charge in [0.2, 0.25) is 0 Å². The Bertz CT molecular complexity index is 699. The molecular weight excluding hydrogens is 304 g/mol. The minimum atomic E-state index is -3.01. The lowest BCUT2D eigenvalue weighted by Crippen LogP contribution is -2.37. The summed E-state index contributed by atoms with van der Waals surface area (Å²) in [5.41, 5.74) is 2.11. The standard InChI is InChI=1S/C15H18N2O2S2/c1-3-7-16-13-9-21(18,19)10-14(13)17(15(16)20)12-6-4-5-11(2)8-12/h3-6,8,13-14H,1,7,9-10H2,2H3/t13-,14-/m0/s1. The van der Waals surface area contributed by atoms with Gasteiger partial charge in [-0.25, -0.2) is 8.42 Å². The Morgan fingerprint density at radius 3 is 2.76 bits per heavy atom. The summed E-state index contributed by atoms with van der Waals surface area (Å²) in [6.07, 6.45) is 1.77. The number of thiocarbonyl (C=S) groups is 1. The van der Waals surface area contributed by atoms with Gasteiger partial charge in [0, 0.05) is 12.2 Å². The molecule has 0 aromatic heterocycles. The topological polar surface area (TPSA) is 40.6 Å². The SMILES string of the molecule is C=CCN1C(=S)N(c2cccc(C)c2)[C@H]2CS(=O)(=O)C[C@@H]21. The van der Waals surface area contributed by atoms with E-state index in [1.54, 1.807) is 6.08 Å². The predicted molar refractivity (Wildman–Crippen MR) is 89.4 cm³/mol. The molecule has 3 rings (SSSR count). The van der Waals surface area contributed by atoms with Crippen molar-refractivity contribution in [3.63, 3.8) is 0 Å². The lowest BCUT2D eigenvalue weighted by atomic mass is 10.1. The van der Waals surface area contributed by atoms with E-state index in [0.29, 0.717) is 11.7 Å². The summed E-state index contributed by atoms with van der Waals surface area (Å²) in [4.78, 5) is 3.99. The summed E-state index contributed by atoms with van der Waals surface area (Å²) in [7, 11) is -3.01. The summed E-state index contributed by atoms with van der Waals surface area (Å²) in [6, 6.07) is 7.87. The molecular formula is C15H18N2O2S2. The number of nitrogens with zero attached hydrogens (tertiary/aromatic N) is 2. The van der Waals surface area contributed by atoms with E-state index >= 15 is 0 Å². The Labute approximate surface area is 131 Å². The molecule has 2 saturated heterocycles. The van der Waals surface area contributed by atoms with Crippen molar-refractivity contribution in [1.29, 1.82) is 0 Å². The van der Waals surface area contributed by atoms with Crippen molar-refractivity contribution in [3.8, 4) is 0 Å². The van der Waals surface area contributed by atoms with Crippen LogP contribution in [-0.2, 0) is 9.84 Å². The second-order valence-electron chi connectivity index (χ2n) is 5.64. The van der Waals surface area contributed by atoms with Crippen molar-refractivity contribution >= 4 is 32.9 Å². The maximum absolute atomic E-state index is 12.0. The molecule has 4 nitrogen and oxygen atoms in total. The van der Waals surface area contributed by atoms with E-state index in [4.69, 9.17) is 12.2 Å². The maximum Gasteiger partial charge on any atom is 0.177 e. The van der Waals surface area contributed by atoms with Crippen LogP contribution in [0.3, 0.4) is 0 Å². The molecule has 0 amide bonds. The van der Waals surface area contributed by atoms with Crippen LogP contribution in [0.4, 0.5) is 5.69 Å². The predicted octanol–water partition coefficient (Wildman–Crippen LogP) is 1.75. The van der Waals surface area contributed by atoms with Crippen LogP contribution in [0.15, 0.2) is 36.9 Å². The van der Waals surface area contributed by atoms with Gasteiger partial charge in [0.1, 0.15) is 0 Å². The third-order valence-electron chi connectivity index (χ3n) is 4.08. The third-order valence-corrected chi connectivity index (χ3v) is 6.21. The van der Waals surface area contributed by atoms with Crippen molar-refractivity contribution in [2.24, 2.45) is 0 Å². The van der Waals surface area contributed by atoms with Gasteiger partial charge >= 0.3 is 0 Å². The molecule has 6 heteroatoms. The molecule has 2 heterocycles. The fraction of sp³-hybridized carbons (Fsp3) is 0.400. The zero-order chi connectivity index (χ0) is 15.2. The summed E-state index contributed by atoms with van der Waals surface area (Å²) in [5.74, 6) is 0.341. The molecule has 0 unspecified atom stereocenters. The summed E-state index contributed by atoms with van der Waals surface area (Å²) >= 11 is 5.59. The van der Waals surface area contributed by atoms with E-state index in [2.05, 4.69) is 6.58 Å². The number of fused-ring (bicyclic) bond motifs is 1. The van der Waals surface area contributed by atoms with Crippen LogP contribution in [0.5, 0.6) is 0 Å². The number of hydrogen-bond donors (Lipinski definition) is 0. The van der Waals surface area contributed by atoms with E-state index < -0.39 is 9.84 Å². The van der Waals surface area contributed by atoms with E-state index in [0.717, 1.165) is 11.3 Å². The molecule has 112 valence electrons. The highest BCUT2D eigenvalue weighted by atomic mass is 32.2. The molecule has 0 N–H and O–H groups in total. The van der Waals surface area contributed by atoms with E-state index in [1.165, 1.54) is 0 Å². The van der Waals surface area contributed by atoms with Crippen LogP contribution < -0.4 is 4.90 Å². The number of anilines is 1. The lowest BCUT2D eigenvalue weighted by Gasteiger charge is -2.25. The molecule has 2 fully saturated rings. The van der Waals surface area contributed by atoms with Gasteiger partial charge in [0.15, 0.2) is 14.9 Å². The summed E-state index contributed by atoms with van der Waals surface area (Å²) in [5, 5.41) is 0.699. The fourth-order valence-corrected chi connectivity index (χ4v) is 5.61. The number of aryl methyl sites for hydroxylation is 1. The molecule has 2 aliphatic heterocycles. The molecule has 1 aromatic carbocycles. The Balaban J connectivity index is 2.03. The average Bonchev–Trinajstić information content (AvgIpc) is 2.82. The fourth-order valence-electron chi connectivity index (χ4n) is 3.21. The van der Waals surface area contributed by atoms with Gasteiger partial charge in [-0.3, -0.25) is 0 Å². The number of sulfone groups is 1. The normalized spacial score (nSPS) is 27.0. The first kappa shape index (κ1) is 14.5. The smallest absolute Gasteiger partial charge is 0.177 e. The van der Waals surface area contributed by atoms with Crippen LogP contribution in [-0.4, -0.2) is 48.6 Å². The zero-order valence-electron chi connectivity index (χ0n) is 11.9. The molecule has 2 aliphatic rings. The van der Waals surface area contributed by atoms with Crippen molar-refractivity contribution in [2.75, 3.05) is 23.0 Å². The average molecular weight is 322 g/mol. The Kier molecular flexibility index (Phi) is 3.53. The lowest BCUT2D eigenvalue weighted by molar-refractivity contribution is 0.389. The Hall–Kier alpha value is -1.40. The molecule has 2 atom stereocenters. The van der Waals surface area contributed by atoms with Crippen molar-refractivity contribution < 1.29 is 8.42 Å². The zero-order valence-corrected chi connectivity index (χ0v) is 13.5. The highest BCUT2D eigenvalue weighted by molar-refractivity contribution is 7.91. The minimum absolute atomic E-state index is 0.0685. The first-order chi connectivity index (χ1) is 9.93. The van der Waals surface area contributed by atoms with Crippen molar-refractivity contribution in [2.45, 2.75) is 19.0 Å². The second kappa shape index (κ2) is 5.10. The largest absolute Gasteiger partial charge is 0.339 e. The molecule has 0 bridgehead atoms. The molecule has 0 spiro atoms. The Morgan fingerprint density at radius 1 is 1.38 bits per heavy atom. The number of hydrogen-bond acceptors (Lipinski definition) is 3. The molecule has 0 aliphatic carbocycles. The number of benzene rings is 1. The number of rotatable bonds is 3. The van der Waals surface area contributed by atoms with Crippen molar-refractivity contribution in [1.82, 2.24) is 4.90 Å². The van der Waals surface area contributed by atoms with E-state index in [9.17, 15) is 8.42 Å². The van der Waals surface area contributed by atoms with Gasteiger partial charge in [-0.15, -0.1) is 6.58 Å². The maximum atomic E-state index is 12.0. The van der Waals surface area contributed by atoms with Gasteiger partial charge in [-0.2, -0.15) is 0 Å². The molecule has 21 heavy (non-hydrogen) atoms. The molecule has 0 radical (unpaired) electrons. The Morgan fingerprint density at radius 2 is 2.10 bits per heavy atom. The van der Waals surface area contributed by atoms with Crippen LogP contribution in [0.25, 0.3) is 0 Å². The first-order valence-electron chi connectivity index (χ1n) is 6.91. The van der Waals surface area contributed by atoms with Crippen LogP contribution >= 0.6 is 12.2 Å². The minimum Gasteiger partial charge on any atom is -0.339 e. The second-order valence-corrected chi connectivity index (χ2v) is 8.16. The van der Waals surface area contributed by atoms with Gasteiger partial charge in [0.25, 0.3) is 0 Å². The first-order valence-corrected chi connectivity index (χ1v) is 9.14. The van der Waals surface area contributed by atoms with Gasteiger partial charge < -0.3 is 9.80 Å². The van der Waals surface area contributed by atoms with E-state index in [1.807, 2.05) is 41.0 Å². The quantitative estimate of drug-likeness (QED) is 0.626. The highest BCUT2D eigenvalue weighted by Gasteiger charge is 2.51. The molecule has 0 saturated carbocycles. The summed E-state index contributed by atoms with van der Waals surface area (Å²) in [6.45, 7) is 6.35. The third kappa shape index (κ3) is 2.46. The van der Waals surface area contributed by atoms with E-state index in [-0.39, 0.29) is 23.6 Å². The highest BCUT2D eigenvalue weighted by Crippen LogP contribution is 2.35. The van der Waals surface area contributed by atoms with Gasteiger partial charge in [-0.05, 0) is 36.8 Å². The van der Waals surface area contributed by atoms with Crippen LogP contribution in [0, 0.1) is 6.92 Å². The molecule has 1 aromatic rings. The van der Waals surface area contributed by atoms with Crippen LogP contribution in [0.2, 0.25) is 0 Å². The van der Waals surface area contributed by atoms with Gasteiger partial charge in [0.05, 0.1) is 23.6 Å². The summed E-state index contributed by atoms with van der Waals surface area (Å²) < 4.78 is 24.0. The van der Waals surface area contributed by atoms with Crippen LogP contribution in [0.1, 0.15) is 5.56 Å². The monoisotopic (exact) mass is 322 g/mol. The van der Waals surface area contributed by atoms with Gasteiger partial charge in [-0.1, -0.05) is 18.2 Å². The van der Waals surface area contributed by atoms with Crippen molar-refractivity contribution in [3.05, 3.63) is 42.5 Å².